The number of benzene rings is 3. The van der Waals surface area contributed by atoms with Crippen LogP contribution in [0, 0.1) is 10.1 Å². The third-order valence-corrected chi connectivity index (χ3v) is 6.26. The molecule has 0 atom stereocenters. The van der Waals surface area contributed by atoms with Crippen LogP contribution in [0.4, 0.5) is 16.2 Å². The van der Waals surface area contributed by atoms with Crippen LogP contribution in [0.25, 0.3) is 6.08 Å². The minimum absolute atomic E-state index is 0.00138. The van der Waals surface area contributed by atoms with Crippen molar-refractivity contribution in [2.45, 2.75) is 6.61 Å². The number of halogens is 2. The van der Waals surface area contributed by atoms with Gasteiger partial charge in [-0.05, 0) is 71.9 Å². The number of carbonyl (C=O) groups excluding carboxylic acids is 2. The number of carbonyl (C=O) groups is 2. The van der Waals surface area contributed by atoms with Gasteiger partial charge in [-0.1, -0.05) is 33.6 Å². The van der Waals surface area contributed by atoms with Crippen molar-refractivity contribution in [2.75, 3.05) is 4.90 Å². The Morgan fingerprint density at radius 2 is 1.85 bits per heavy atom. The molecule has 33 heavy (non-hydrogen) atoms. The number of non-ortho nitro benzene ring substituents is 1. The molecule has 0 spiro atoms. The summed E-state index contributed by atoms with van der Waals surface area (Å²) in [6.45, 7) is 0.171. The van der Waals surface area contributed by atoms with Crippen LogP contribution in [-0.2, 0) is 11.4 Å². The number of imide groups is 1. The van der Waals surface area contributed by atoms with Crippen molar-refractivity contribution >= 4 is 67.9 Å². The van der Waals surface area contributed by atoms with Crippen LogP contribution in [-0.4, -0.2) is 16.1 Å². The predicted octanol–water partition coefficient (Wildman–Crippen LogP) is 6.83. The van der Waals surface area contributed by atoms with Gasteiger partial charge in [0.2, 0.25) is 0 Å². The molecule has 0 bridgehead atoms. The zero-order chi connectivity index (χ0) is 23.5. The summed E-state index contributed by atoms with van der Waals surface area (Å²) in [5.41, 5.74) is 1.74. The topological polar surface area (TPSA) is 89.7 Å². The van der Waals surface area contributed by atoms with Crippen LogP contribution in [0.3, 0.4) is 0 Å². The molecule has 0 aromatic heterocycles. The molecule has 0 saturated carbocycles. The van der Waals surface area contributed by atoms with Crippen molar-refractivity contribution in [3.63, 3.8) is 0 Å². The van der Waals surface area contributed by atoms with Gasteiger partial charge in [0.05, 0.1) is 15.5 Å². The zero-order valence-electron chi connectivity index (χ0n) is 16.7. The Morgan fingerprint density at radius 3 is 2.55 bits per heavy atom. The molecule has 1 heterocycles. The van der Waals surface area contributed by atoms with Gasteiger partial charge in [-0.15, -0.1) is 0 Å². The zero-order valence-corrected chi connectivity index (χ0v) is 19.9. The molecule has 7 nitrogen and oxygen atoms in total. The van der Waals surface area contributed by atoms with E-state index in [9.17, 15) is 19.7 Å². The molecule has 3 aromatic rings. The van der Waals surface area contributed by atoms with Gasteiger partial charge >= 0.3 is 0 Å². The quantitative estimate of drug-likeness (QED) is 0.192. The number of hydrogen-bond donors (Lipinski definition) is 0. The second kappa shape index (κ2) is 9.78. The Hall–Kier alpha value is -3.14. The molecule has 0 unspecified atom stereocenters. The number of hydrogen-bond acceptors (Lipinski definition) is 6. The standard InChI is InChI=1S/C23H14BrClN2O5S/c24-16-6-9-20(32-13-14-4-7-18(8-5-14)27(30)31)15(10-16)11-21-22(28)26(23(29)33-21)19-3-1-2-17(25)12-19/h1-12H,13H2/b21-11+. The van der Waals surface area contributed by atoms with E-state index in [1.165, 1.54) is 12.1 Å². The lowest BCUT2D eigenvalue weighted by Crippen LogP contribution is -2.27. The first-order chi connectivity index (χ1) is 15.8. The number of nitro groups is 1. The monoisotopic (exact) mass is 544 g/mol. The van der Waals surface area contributed by atoms with Gasteiger partial charge in [0.1, 0.15) is 12.4 Å². The third kappa shape index (κ3) is 5.27. The summed E-state index contributed by atoms with van der Waals surface area (Å²) in [5, 5.41) is 10.8. The van der Waals surface area contributed by atoms with E-state index >= 15 is 0 Å². The normalized spacial score (nSPS) is 14.7. The van der Waals surface area contributed by atoms with Gasteiger partial charge < -0.3 is 4.74 Å². The maximum absolute atomic E-state index is 13.0. The Morgan fingerprint density at radius 1 is 1.09 bits per heavy atom. The first-order valence-corrected chi connectivity index (χ1v) is 11.5. The Labute approximate surface area is 206 Å². The summed E-state index contributed by atoms with van der Waals surface area (Å²) in [5.74, 6) is 0.0414. The fourth-order valence-corrected chi connectivity index (χ4v) is 4.48. The lowest BCUT2D eigenvalue weighted by Gasteiger charge is -2.12. The minimum Gasteiger partial charge on any atom is -0.488 e. The minimum atomic E-state index is -0.464. The van der Waals surface area contributed by atoms with Gasteiger partial charge in [-0.3, -0.25) is 19.7 Å². The van der Waals surface area contributed by atoms with Crippen LogP contribution in [0.2, 0.25) is 5.02 Å². The molecule has 1 aliphatic heterocycles. The van der Waals surface area contributed by atoms with Crippen LogP contribution >= 0.6 is 39.3 Å². The molecule has 166 valence electrons. The number of rotatable bonds is 6. The molecule has 1 aliphatic rings. The fraction of sp³-hybridized carbons (Fsp3) is 0.0435. The Balaban J connectivity index is 1.58. The summed E-state index contributed by atoms with van der Waals surface area (Å²) >= 11 is 10.3. The molecule has 1 fully saturated rings. The molecule has 2 amide bonds. The highest BCUT2D eigenvalue weighted by Crippen LogP contribution is 2.38. The lowest BCUT2D eigenvalue weighted by atomic mass is 10.1. The Bertz CT molecular complexity index is 1300. The average Bonchev–Trinajstić information content (AvgIpc) is 3.06. The highest BCUT2D eigenvalue weighted by Gasteiger charge is 2.36. The average molecular weight is 546 g/mol. The third-order valence-electron chi connectivity index (χ3n) is 4.66. The first-order valence-electron chi connectivity index (χ1n) is 9.51. The smallest absolute Gasteiger partial charge is 0.298 e. The van der Waals surface area contributed by atoms with Crippen molar-refractivity contribution in [3.05, 3.63) is 102 Å². The van der Waals surface area contributed by atoms with E-state index in [4.69, 9.17) is 16.3 Å². The van der Waals surface area contributed by atoms with Gasteiger partial charge in [-0.25, -0.2) is 4.90 Å². The van der Waals surface area contributed by atoms with E-state index in [0.717, 1.165) is 26.7 Å². The van der Waals surface area contributed by atoms with Gasteiger partial charge in [0.15, 0.2) is 0 Å². The second-order valence-corrected chi connectivity index (χ2v) is 9.24. The SMILES string of the molecule is O=C1S/C(=C/c2cc(Br)ccc2OCc2ccc([N+](=O)[O-])cc2)C(=O)N1c1cccc(Cl)c1. The van der Waals surface area contributed by atoms with Crippen LogP contribution in [0.15, 0.2) is 76.1 Å². The van der Waals surface area contributed by atoms with Crippen molar-refractivity contribution in [3.8, 4) is 5.75 Å². The van der Waals surface area contributed by atoms with Crippen molar-refractivity contribution in [1.82, 2.24) is 0 Å². The number of ether oxygens (including phenoxy) is 1. The molecular weight excluding hydrogens is 532 g/mol. The van der Waals surface area contributed by atoms with Crippen LogP contribution in [0.1, 0.15) is 11.1 Å². The van der Waals surface area contributed by atoms with E-state index in [2.05, 4.69) is 15.9 Å². The maximum Gasteiger partial charge on any atom is 0.298 e. The molecule has 1 saturated heterocycles. The summed E-state index contributed by atoms with van der Waals surface area (Å²) in [7, 11) is 0. The summed E-state index contributed by atoms with van der Waals surface area (Å²) in [4.78, 5) is 37.2. The highest BCUT2D eigenvalue weighted by molar-refractivity contribution is 9.10. The van der Waals surface area contributed by atoms with E-state index in [1.54, 1.807) is 60.7 Å². The lowest BCUT2D eigenvalue weighted by molar-refractivity contribution is -0.384. The van der Waals surface area contributed by atoms with Crippen molar-refractivity contribution in [1.29, 1.82) is 0 Å². The number of anilines is 1. The highest BCUT2D eigenvalue weighted by atomic mass is 79.9. The second-order valence-electron chi connectivity index (χ2n) is 6.89. The molecular formula is C23H14BrClN2O5S. The summed E-state index contributed by atoms with van der Waals surface area (Å²) < 4.78 is 6.68. The molecule has 3 aromatic carbocycles. The van der Waals surface area contributed by atoms with E-state index in [-0.39, 0.29) is 17.2 Å². The summed E-state index contributed by atoms with van der Waals surface area (Å²) in [6.07, 6.45) is 1.60. The number of amides is 2. The van der Waals surface area contributed by atoms with Crippen molar-refractivity contribution in [2.24, 2.45) is 0 Å². The first kappa shape index (κ1) is 23.0. The van der Waals surface area contributed by atoms with Gasteiger partial charge in [0, 0.05) is 27.2 Å². The number of nitro benzene ring substituents is 1. The fourth-order valence-electron chi connectivity index (χ4n) is 3.09. The maximum atomic E-state index is 13.0. The van der Waals surface area contributed by atoms with E-state index in [1.807, 2.05) is 0 Å². The number of nitrogens with zero attached hydrogens (tertiary/aromatic N) is 2. The van der Waals surface area contributed by atoms with Crippen molar-refractivity contribution < 1.29 is 19.2 Å². The van der Waals surface area contributed by atoms with E-state index in [0.29, 0.717) is 22.0 Å². The molecule has 4 rings (SSSR count). The molecule has 10 heteroatoms. The van der Waals surface area contributed by atoms with Crippen LogP contribution < -0.4 is 9.64 Å². The van der Waals surface area contributed by atoms with Crippen LogP contribution in [0.5, 0.6) is 5.75 Å². The Kier molecular flexibility index (Phi) is 6.83. The molecule has 0 radical (unpaired) electrons. The van der Waals surface area contributed by atoms with Gasteiger partial charge in [0.25, 0.3) is 16.8 Å². The number of thioether (sulfide) groups is 1. The predicted molar refractivity (Wildman–Crippen MR) is 131 cm³/mol. The summed E-state index contributed by atoms with van der Waals surface area (Å²) in [6, 6.07) is 17.9. The largest absolute Gasteiger partial charge is 0.488 e. The van der Waals surface area contributed by atoms with Gasteiger partial charge in [-0.2, -0.15) is 0 Å². The molecule has 0 N–H and O–H groups in total. The van der Waals surface area contributed by atoms with E-state index < -0.39 is 16.1 Å². The molecule has 0 aliphatic carbocycles.